The number of aromatic nitrogens is 1. The molecule has 0 spiro atoms. The lowest BCUT2D eigenvalue weighted by atomic mass is 10.3. The maximum atomic E-state index is 5.74. The number of hydrogen-bond acceptors (Lipinski definition) is 3. The third kappa shape index (κ3) is 3.26. The molecule has 0 saturated carbocycles. The van der Waals surface area contributed by atoms with Crippen LogP contribution in [0.15, 0.2) is 24.3 Å². The molecule has 3 N–H and O–H groups in total. The van der Waals surface area contributed by atoms with Crippen molar-refractivity contribution in [3.8, 4) is 0 Å². The van der Waals surface area contributed by atoms with Crippen LogP contribution in [0.5, 0.6) is 0 Å². The number of rotatable bonds is 4. The molecule has 0 saturated heterocycles. The maximum absolute atomic E-state index is 5.74. The van der Waals surface area contributed by atoms with Gasteiger partial charge in [-0.1, -0.05) is 23.8 Å². The Morgan fingerprint density at radius 2 is 2.36 bits per heavy atom. The fourth-order valence-electron chi connectivity index (χ4n) is 1.03. The summed E-state index contributed by atoms with van der Waals surface area (Å²) in [5.74, 6) is 0.655. The predicted octanol–water partition coefficient (Wildman–Crippen LogP) is 2.70. The van der Waals surface area contributed by atoms with E-state index in [9.17, 15) is 0 Å². The maximum Gasteiger partial charge on any atom is 0.150 e. The fraction of sp³-hybridized carbons (Fsp3) is 0.300. The van der Waals surface area contributed by atoms with Crippen LogP contribution in [0.3, 0.4) is 0 Å². The van der Waals surface area contributed by atoms with E-state index in [4.69, 9.17) is 17.3 Å². The molecule has 0 aromatic carbocycles. The Morgan fingerprint density at radius 3 is 3.07 bits per heavy atom. The highest BCUT2D eigenvalue weighted by Crippen LogP contribution is 2.17. The van der Waals surface area contributed by atoms with E-state index in [0.29, 0.717) is 16.7 Å². The number of allylic oxidation sites excluding steroid dienone is 1. The summed E-state index contributed by atoms with van der Waals surface area (Å²) in [4.78, 5) is 4.08. The lowest BCUT2D eigenvalue weighted by molar-refractivity contribution is 1.05. The Kier molecular flexibility index (Phi) is 4.26. The summed E-state index contributed by atoms with van der Waals surface area (Å²) in [6, 6.07) is 3.42. The van der Waals surface area contributed by atoms with E-state index in [1.165, 1.54) is 0 Å². The first-order valence-corrected chi connectivity index (χ1v) is 4.89. The zero-order valence-corrected chi connectivity index (χ0v) is 8.88. The number of nitrogens with one attached hydrogen (secondary N) is 1. The minimum Gasteiger partial charge on any atom is -0.396 e. The summed E-state index contributed by atoms with van der Waals surface area (Å²) in [6.07, 6.45) is 5.04. The molecule has 1 rings (SSSR count). The molecule has 3 nitrogen and oxygen atoms in total. The molecule has 1 aromatic heterocycles. The van der Waals surface area contributed by atoms with Crippen LogP contribution in [-0.2, 0) is 0 Å². The van der Waals surface area contributed by atoms with Crippen LogP contribution in [0.25, 0.3) is 0 Å². The van der Waals surface area contributed by atoms with Crippen LogP contribution in [-0.4, -0.2) is 11.5 Å². The van der Waals surface area contributed by atoms with Crippen molar-refractivity contribution in [2.45, 2.75) is 13.3 Å². The molecule has 4 heteroatoms. The van der Waals surface area contributed by atoms with Crippen molar-refractivity contribution in [1.82, 2.24) is 4.98 Å². The molecule has 76 valence electrons. The molecule has 0 radical (unpaired) electrons. The highest BCUT2D eigenvalue weighted by molar-refractivity contribution is 6.29. The van der Waals surface area contributed by atoms with E-state index in [1.54, 1.807) is 12.1 Å². The molecule has 14 heavy (non-hydrogen) atoms. The van der Waals surface area contributed by atoms with E-state index < -0.39 is 0 Å². The Hall–Kier alpha value is -1.22. The predicted molar refractivity (Wildman–Crippen MR) is 61.6 cm³/mol. The zero-order valence-electron chi connectivity index (χ0n) is 8.13. The van der Waals surface area contributed by atoms with Crippen LogP contribution in [0.2, 0.25) is 5.15 Å². The second-order valence-electron chi connectivity index (χ2n) is 2.86. The van der Waals surface area contributed by atoms with Crippen molar-refractivity contribution >= 4 is 23.1 Å². The largest absolute Gasteiger partial charge is 0.396 e. The van der Waals surface area contributed by atoms with E-state index in [0.717, 1.165) is 13.0 Å². The van der Waals surface area contributed by atoms with Gasteiger partial charge < -0.3 is 11.1 Å². The molecule has 0 aliphatic carbocycles. The average Bonchev–Trinajstić information content (AvgIpc) is 2.18. The smallest absolute Gasteiger partial charge is 0.150 e. The summed E-state index contributed by atoms with van der Waals surface area (Å²) in [6.45, 7) is 2.80. The summed E-state index contributed by atoms with van der Waals surface area (Å²) in [5, 5.41) is 3.57. The summed E-state index contributed by atoms with van der Waals surface area (Å²) in [7, 11) is 0. The SMILES string of the molecule is C/C=C/CCNc1nc(Cl)ccc1N. The molecule has 0 amide bonds. The monoisotopic (exact) mass is 211 g/mol. The summed E-state index contributed by atoms with van der Waals surface area (Å²) in [5.41, 5.74) is 6.32. The number of nitrogens with two attached hydrogens (primary N) is 1. The molecule has 1 heterocycles. The number of anilines is 2. The van der Waals surface area contributed by atoms with Gasteiger partial charge in [-0.25, -0.2) is 4.98 Å². The summed E-state index contributed by atoms with van der Waals surface area (Å²) < 4.78 is 0. The van der Waals surface area contributed by atoms with Crippen molar-refractivity contribution in [3.63, 3.8) is 0 Å². The van der Waals surface area contributed by atoms with E-state index in [1.807, 2.05) is 13.0 Å². The van der Waals surface area contributed by atoms with Gasteiger partial charge in [-0.15, -0.1) is 0 Å². The van der Waals surface area contributed by atoms with E-state index in [-0.39, 0.29) is 0 Å². The second-order valence-corrected chi connectivity index (χ2v) is 3.24. The Balaban J connectivity index is 2.53. The third-order valence-electron chi connectivity index (χ3n) is 1.73. The number of nitrogens with zero attached hydrogens (tertiary/aromatic N) is 1. The number of nitrogen functional groups attached to an aromatic ring is 1. The van der Waals surface area contributed by atoms with Gasteiger partial charge in [-0.3, -0.25) is 0 Å². The molecule has 0 aliphatic rings. The van der Waals surface area contributed by atoms with Crippen molar-refractivity contribution in [2.75, 3.05) is 17.6 Å². The number of pyridine rings is 1. The first-order valence-electron chi connectivity index (χ1n) is 4.51. The van der Waals surface area contributed by atoms with E-state index >= 15 is 0 Å². The Bertz CT molecular complexity index is 323. The third-order valence-corrected chi connectivity index (χ3v) is 1.94. The molecular weight excluding hydrogens is 198 g/mol. The normalized spacial score (nSPS) is 10.7. The van der Waals surface area contributed by atoms with Gasteiger partial charge in [-0.05, 0) is 25.5 Å². The zero-order chi connectivity index (χ0) is 10.4. The van der Waals surface area contributed by atoms with Crippen LogP contribution in [0.4, 0.5) is 11.5 Å². The first kappa shape index (κ1) is 10.9. The summed E-state index contributed by atoms with van der Waals surface area (Å²) >= 11 is 5.74. The molecule has 0 fully saturated rings. The van der Waals surface area contributed by atoms with Gasteiger partial charge in [0.1, 0.15) is 5.15 Å². The van der Waals surface area contributed by atoms with Crippen molar-refractivity contribution in [3.05, 3.63) is 29.4 Å². The van der Waals surface area contributed by atoms with Gasteiger partial charge in [-0.2, -0.15) is 0 Å². The van der Waals surface area contributed by atoms with Crippen molar-refractivity contribution < 1.29 is 0 Å². The van der Waals surface area contributed by atoms with E-state index in [2.05, 4.69) is 16.4 Å². The van der Waals surface area contributed by atoms with Crippen molar-refractivity contribution in [1.29, 1.82) is 0 Å². The van der Waals surface area contributed by atoms with Crippen LogP contribution >= 0.6 is 11.6 Å². The lowest BCUT2D eigenvalue weighted by Crippen LogP contribution is -2.05. The number of halogens is 1. The van der Waals surface area contributed by atoms with Gasteiger partial charge >= 0.3 is 0 Å². The standard InChI is InChI=1S/C10H14ClN3/c1-2-3-4-7-13-10-8(12)5-6-9(11)14-10/h2-3,5-6H,4,7,12H2,1H3,(H,13,14)/b3-2+. The second kappa shape index (κ2) is 5.50. The molecule has 0 aliphatic heterocycles. The van der Waals surface area contributed by atoms with Gasteiger partial charge in [0, 0.05) is 6.54 Å². The minimum absolute atomic E-state index is 0.452. The van der Waals surface area contributed by atoms with Gasteiger partial charge in [0.15, 0.2) is 5.82 Å². The molecule has 0 bridgehead atoms. The highest BCUT2D eigenvalue weighted by Gasteiger charge is 1.99. The first-order chi connectivity index (χ1) is 6.74. The molecule has 1 aromatic rings. The van der Waals surface area contributed by atoms with Crippen LogP contribution < -0.4 is 11.1 Å². The minimum atomic E-state index is 0.452. The van der Waals surface area contributed by atoms with Gasteiger partial charge in [0.05, 0.1) is 5.69 Å². The molecule has 0 unspecified atom stereocenters. The fourth-order valence-corrected chi connectivity index (χ4v) is 1.18. The lowest BCUT2D eigenvalue weighted by Gasteiger charge is -2.06. The van der Waals surface area contributed by atoms with Crippen molar-refractivity contribution in [2.24, 2.45) is 0 Å². The van der Waals surface area contributed by atoms with Crippen LogP contribution in [0.1, 0.15) is 13.3 Å². The van der Waals surface area contributed by atoms with Crippen LogP contribution in [0, 0.1) is 0 Å². The molecule has 0 atom stereocenters. The number of hydrogen-bond donors (Lipinski definition) is 2. The highest BCUT2D eigenvalue weighted by atomic mass is 35.5. The van der Waals surface area contributed by atoms with Gasteiger partial charge in [0.25, 0.3) is 0 Å². The Labute approximate surface area is 89.0 Å². The van der Waals surface area contributed by atoms with Gasteiger partial charge in [0.2, 0.25) is 0 Å². The topological polar surface area (TPSA) is 50.9 Å². The quantitative estimate of drug-likeness (QED) is 0.458. The average molecular weight is 212 g/mol. The molecular formula is C10H14ClN3. The Morgan fingerprint density at radius 1 is 1.57 bits per heavy atom.